The van der Waals surface area contributed by atoms with Crippen LogP contribution in [-0.2, 0) is 0 Å². The van der Waals surface area contributed by atoms with E-state index in [1.165, 1.54) is 12.8 Å². The van der Waals surface area contributed by atoms with E-state index in [1.807, 2.05) is 36.4 Å². The van der Waals surface area contributed by atoms with Gasteiger partial charge in [0.05, 0.1) is 0 Å². The molecule has 2 aromatic rings. The third kappa shape index (κ3) is 3.32. The zero-order valence-electron chi connectivity index (χ0n) is 12.7. The van der Waals surface area contributed by atoms with Gasteiger partial charge in [0.25, 0.3) is 0 Å². The Kier molecular flexibility index (Phi) is 3.78. The van der Waals surface area contributed by atoms with E-state index in [4.69, 9.17) is 10.7 Å². The minimum Gasteiger partial charge on any atom is -0.384 e. The number of benzene rings is 1. The minimum atomic E-state index is 0.535. The molecule has 0 atom stereocenters. The lowest BCUT2D eigenvalue weighted by molar-refractivity contribution is 0.602. The molecule has 0 spiro atoms. The largest absolute Gasteiger partial charge is 0.384 e. The Morgan fingerprint density at radius 3 is 2.52 bits per heavy atom. The van der Waals surface area contributed by atoms with Crippen molar-refractivity contribution in [2.45, 2.75) is 32.7 Å². The highest BCUT2D eigenvalue weighted by Gasteiger charge is 2.30. The van der Waals surface area contributed by atoms with Gasteiger partial charge < -0.3 is 10.6 Å². The molecule has 0 aliphatic heterocycles. The maximum atomic E-state index is 6.01. The van der Waals surface area contributed by atoms with E-state index in [1.54, 1.807) is 0 Å². The first-order valence-corrected chi connectivity index (χ1v) is 7.60. The summed E-state index contributed by atoms with van der Waals surface area (Å²) in [6, 6.07) is 12.5. The molecule has 1 aromatic carbocycles. The Labute approximate surface area is 126 Å². The van der Waals surface area contributed by atoms with Crippen LogP contribution in [0.2, 0.25) is 0 Å². The third-order valence-corrected chi connectivity index (χ3v) is 3.61. The molecular weight excluding hydrogens is 260 g/mol. The quantitative estimate of drug-likeness (QED) is 0.913. The topological polar surface area (TPSA) is 55.0 Å². The van der Waals surface area contributed by atoms with Gasteiger partial charge in [-0.05, 0) is 18.8 Å². The van der Waals surface area contributed by atoms with Crippen molar-refractivity contribution < 1.29 is 0 Å². The monoisotopic (exact) mass is 282 g/mol. The highest BCUT2D eigenvalue weighted by Crippen LogP contribution is 2.32. The highest BCUT2D eigenvalue weighted by molar-refractivity contribution is 5.61. The summed E-state index contributed by atoms with van der Waals surface area (Å²) in [6.07, 6.45) is 2.49. The first-order chi connectivity index (χ1) is 10.1. The number of hydrogen-bond donors (Lipinski definition) is 1. The van der Waals surface area contributed by atoms with Gasteiger partial charge in [-0.2, -0.15) is 0 Å². The zero-order valence-corrected chi connectivity index (χ0v) is 12.7. The van der Waals surface area contributed by atoms with Crippen LogP contribution in [0, 0.1) is 5.92 Å². The predicted octanol–water partition coefficient (Wildman–Crippen LogP) is 3.35. The fourth-order valence-corrected chi connectivity index (χ4v) is 2.53. The van der Waals surface area contributed by atoms with Crippen LogP contribution in [0.25, 0.3) is 11.4 Å². The van der Waals surface area contributed by atoms with Crippen molar-refractivity contribution in [3.8, 4) is 11.4 Å². The van der Waals surface area contributed by atoms with Crippen molar-refractivity contribution in [1.29, 1.82) is 0 Å². The Balaban J connectivity index is 1.96. The number of nitrogens with zero attached hydrogens (tertiary/aromatic N) is 3. The summed E-state index contributed by atoms with van der Waals surface area (Å²) in [5.41, 5.74) is 7.01. The average Bonchev–Trinajstić information content (AvgIpc) is 3.29. The second-order valence-electron chi connectivity index (χ2n) is 6.12. The molecule has 1 aliphatic carbocycles. The van der Waals surface area contributed by atoms with Crippen LogP contribution >= 0.6 is 0 Å². The van der Waals surface area contributed by atoms with Crippen LogP contribution in [0.15, 0.2) is 36.4 Å². The van der Waals surface area contributed by atoms with Crippen LogP contribution in [0.1, 0.15) is 26.7 Å². The molecule has 2 N–H and O–H groups in total. The van der Waals surface area contributed by atoms with Crippen molar-refractivity contribution in [2.75, 3.05) is 17.2 Å². The van der Waals surface area contributed by atoms with Crippen molar-refractivity contribution in [3.05, 3.63) is 36.4 Å². The average molecular weight is 282 g/mol. The molecule has 0 unspecified atom stereocenters. The number of nitrogen functional groups attached to an aromatic ring is 1. The van der Waals surface area contributed by atoms with E-state index < -0.39 is 0 Å². The van der Waals surface area contributed by atoms with Crippen LogP contribution in [0.5, 0.6) is 0 Å². The molecule has 1 saturated carbocycles. The van der Waals surface area contributed by atoms with E-state index in [2.05, 4.69) is 23.7 Å². The van der Waals surface area contributed by atoms with E-state index in [-0.39, 0.29) is 0 Å². The number of hydrogen-bond acceptors (Lipinski definition) is 4. The van der Waals surface area contributed by atoms with E-state index in [0.29, 0.717) is 23.6 Å². The normalized spacial score (nSPS) is 14.4. The Bertz CT molecular complexity index is 605. The van der Waals surface area contributed by atoms with Gasteiger partial charge in [0.1, 0.15) is 11.6 Å². The number of nitrogens with two attached hydrogens (primary N) is 1. The Morgan fingerprint density at radius 2 is 1.90 bits per heavy atom. The lowest BCUT2D eigenvalue weighted by atomic mass is 10.2. The van der Waals surface area contributed by atoms with Gasteiger partial charge in [-0.15, -0.1) is 0 Å². The second-order valence-corrected chi connectivity index (χ2v) is 6.12. The van der Waals surface area contributed by atoms with Crippen molar-refractivity contribution in [3.63, 3.8) is 0 Å². The molecule has 1 heterocycles. The molecular formula is C17H22N4. The number of rotatable bonds is 5. The first kappa shape index (κ1) is 13.9. The minimum absolute atomic E-state index is 0.535. The second kappa shape index (κ2) is 5.72. The van der Waals surface area contributed by atoms with E-state index in [9.17, 15) is 0 Å². The molecule has 21 heavy (non-hydrogen) atoms. The highest BCUT2D eigenvalue weighted by atomic mass is 15.2. The third-order valence-electron chi connectivity index (χ3n) is 3.61. The van der Waals surface area contributed by atoms with Crippen molar-refractivity contribution in [1.82, 2.24) is 9.97 Å². The summed E-state index contributed by atoms with van der Waals surface area (Å²) in [4.78, 5) is 11.5. The van der Waals surface area contributed by atoms with Gasteiger partial charge in [0.15, 0.2) is 5.82 Å². The standard InChI is InChI=1S/C17H22N4/c1-12(2)11-21(14-8-9-14)16-10-15(18)19-17(20-16)13-6-4-3-5-7-13/h3-7,10,12,14H,8-9,11H2,1-2H3,(H2,18,19,20). The lowest BCUT2D eigenvalue weighted by Crippen LogP contribution is -2.30. The molecule has 110 valence electrons. The van der Waals surface area contributed by atoms with Gasteiger partial charge in [-0.1, -0.05) is 44.2 Å². The smallest absolute Gasteiger partial charge is 0.163 e. The van der Waals surface area contributed by atoms with E-state index >= 15 is 0 Å². The van der Waals surface area contributed by atoms with Gasteiger partial charge in [0, 0.05) is 24.2 Å². The van der Waals surface area contributed by atoms with Crippen LogP contribution in [-0.4, -0.2) is 22.6 Å². The lowest BCUT2D eigenvalue weighted by Gasteiger charge is -2.26. The maximum Gasteiger partial charge on any atom is 0.163 e. The van der Waals surface area contributed by atoms with Crippen LogP contribution in [0.3, 0.4) is 0 Å². The summed E-state index contributed by atoms with van der Waals surface area (Å²) >= 11 is 0. The summed E-state index contributed by atoms with van der Waals surface area (Å²) in [6.45, 7) is 5.48. The van der Waals surface area contributed by atoms with Crippen molar-refractivity contribution in [2.24, 2.45) is 5.92 Å². The maximum absolute atomic E-state index is 6.01. The van der Waals surface area contributed by atoms with Gasteiger partial charge in [0.2, 0.25) is 0 Å². The Hall–Kier alpha value is -2.10. The van der Waals surface area contributed by atoms with Gasteiger partial charge in [-0.3, -0.25) is 0 Å². The number of anilines is 2. The molecule has 1 fully saturated rings. The SMILES string of the molecule is CC(C)CN(c1cc(N)nc(-c2ccccc2)n1)C1CC1. The molecule has 0 bridgehead atoms. The van der Waals surface area contributed by atoms with Gasteiger partial charge in [-0.25, -0.2) is 9.97 Å². The molecule has 4 nitrogen and oxygen atoms in total. The van der Waals surface area contributed by atoms with E-state index in [0.717, 1.165) is 17.9 Å². The molecule has 0 amide bonds. The zero-order chi connectivity index (χ0) is 14.8. The predicted molar refractivity (Wildman–Crippen MR) is 87.1 cm³/mol. The molecule has 0 saturated heterocycles. The molecule has 3 rings (SSSR count). The summed E-state index contributed by atoms with van der Waals surface area (Å²) in [5.74, 6) is 2.80. The summed E-state index contributed by atoms with van der Waals surface area (Å²) < 4.78 is 0. The fourth-order valence-electron chi connectivity index (χ4n) is 2.53. The summed E-state index contributed by atoms with van der Waals surface area (Å²) in [7, 11) is 0. The van der Waals surface area contributed by atoms with Crippen LogP contribution in [0.4, 0.5) is 11.6 Å². The fraction of sp³-hybridized carbons (Fsp3) is 0.412. The van der Waals surface area contributed by atoms with Crippen molar-refractivity contribution >= 4 is 11.6 Å². The molecule has 4 heteroatoms. The molecule has 1 aromatic heterocycles. The molecule has 1 aliphatic rings. The number of aromatic nitrogens is 2. The summed E-state index contributed by atoms with van der Waals surface area (Å²) in [5, 5.41) is 0. The van der Waals surface area contributed by atoms with Gasteiger partial charge >= 0.3 is 0 Å². The van der Waals surface area contributed by atoms with Crippen LogP contribution < -0.4 is 10.6 Å². The Morgan fingerprint density at radius 1 is 1.19 bits per heavy atom. The first-order valence-electron chi connectivity index (χ1n) is 7.60. The molecule has 0 radical (unpaired) electrons.